The number of amides is 1. The lowest BCUT2D eigenvalue weighted by molar-refractivity contribution is -0.114. The van der Waals surface area contributed by atoms with Gasteiger partial charge in [-0.05, 0) is 28.2 Å². The second kappa shape index (κ2) is 11.4. The Kier molecular flexibility index (Phi) is 9.29. The van der Waals surface area contributed by atoms with E-state index in [2.05, 4.69) is 72.3 Å². The van der Waals surface area contributed by atoms with Crippen LogP contribution in [-0.4, -0.2) is 62.1 Å². The summed E-state index contributed by atoms with van der Waals surface area (Å²) in [5.74, 6) is -0.218. The second-order valence-electron chi connectivity index (χ2n) is 11.7. The van der Waals surface area contributed by atoms with Gasteiger partial charge in [-0.2, -0.15) is 4.98 Å². The van der Waals surface area contributed by atoms with Gasteiger partial charge in [0.2, 0.25) is 5.91 Å². The molecule has 0 spiro atoms. The molecule has 0 bridgehead atoms. The van der Waals surface area contributed by atoms with Crippen LogP contribution in [0.4, 0.5) is 5.82 Å². The Hall–Kier alpha value is -1.68. The molecule has 0 saturated carbocycles. The van der Waals surface area contributed by atoms with Crippen LogP contribution in [0.3, 0.4) is 0 Å². The number of aromatic nitrogens is 2. The molecule has 0 aromatic carbocycles. The highest BCUT2D eigenvalue weighted by Crippen LogP contribution is 2.51. The first-order valence-corrected chi connectivity index (χ1v) is 17.5. The minimum Gasteiger partial charge on any atom is -0.414 e. The fourth-order valence-corrected chi connectivity index (χ4v) is 17.1. The normalized spacial score (nSPS) is 28.8. The molecule has 214 valence electrons. The van der Waals surface area contributed by atoms with Gasteiger partial charge in [0.05, 0.1) is 6.61 Å². The minimum atomic E-state index is -3.04. The van der Waals surface area contributed by atoms with Crippen LogP contribution in [0.5, 0.6) is 0 Å². The van der Waals surface area contributed by atoms with Gasteiger partial charge in [0.25, 0.3) is 0 Å². The lowest BCUT2D eigenvalue weighted by atomic mass is 9.90. The number of hydrogen-bond donors (Lipinski definition) is 2. The van der Waals surface area contributed by atoms with E-state index in [-0.39, 0.29) is 46.9 Å². The zero-order chi connectivity index (χ0) is 28.6. The number of nitrogens with one attached hydrogen (secondary N) is 1. The van der Waals surface area contributed by atoms with E-state index in [1.54, 1.807) is 6.08 Å². The highest BCUT2D eigenvalue weighted by molar-refractivity contribution is 6.84. The number of carbonyl (C=O) groups excluding carboxylic acids is 1. The first kappa shape index (κ1) is 30.9. The van der Waals surface area contributed by atoms with Gasteiger partial charge in [-0.25, -0.2) is 4.79 Å². The van der Waals surface area contributed by atoms with Crippen molar-refractivity contribution in [3.63, 3.8) is 0 Å². The number of rotatable bonds is 8. The van der Waals surface area contributed by atoms with Crippen LogP contribution in [0, 0.1) is 0 Å². The lowest BCUT2D eigenvalue weighted by Gasteiger charge is -2.52. The Morgan fingerprint density at radius 1 is 1.18 bits per heavy atom. The third-order valence-electron chi connectivity index (χ3n) is 7.74. The summed E-state index contributed by atoms with van der Waals surface area (Å²) < 4.78 is 28.8. The average Bonchev–Trinajstić information content (AvgIpc) is 3.03. The minimum absolute atomic E-state index is 0.0579. The van der Waals surface area contributed by atoms with E-state index in [0.717, 1.165) is 0 Å². The smallest absolute Gasteiger partial charge is 0.351 e. The third kappa shape index (κ3) is 5.36. The maximum atomic E-state index is 13.1. The van der Waals surface area contributed by atoms with E-state index in [0.29, 0.717) is 0 Å². The van der Waals surface area contributed by atoms with Gasteiger partial charge in [-0.1, -0.05) is 61.5 Å². The van der Waals surface area contributed by atoms with Crippen LogP contribution in [0.25, 0.3) is 0 Å². The average molecular weight is 568 g/mol. The van der Waals surface area contributed by atoms with Gasteiger partial charge in [0.15, 0.2) is 6.23 Å². The first-order valence-electron chi connectivity index (χ1n) is 13.5. The summed E-state index contributed by atoms with van der Waals surface area (Å²) in [5, 5.41) is 14.8. The van der Waals surface area contributed by atoms with Crippen molar-refractivity contribution < 1.29 is 27.6 Å². The molecule has 1 aromatic rings. The number of ether oxygens (including phenoxy) is 1. The summed E-state index contributed by atoms with van der Waals surface area (Å²) in [6.07, 6.45) is 0.591. The van der Waals surface area contributed by atoms with Crippen molar-refractivity contribution in [2.24, 2.45) is 0 Å². The number of carbonyl (C=O) groups is 1. The van der Waals surface area contributed by atoms with Crippen molar-refractivity contribution in [3.8, 4) is 0 Å². The fraction of sp³-hybridized carbons (Fsp3) is 0.731. The van der Waals surface area contributed by atoms with Crippen molar-refractivity contribution in [1.82, 2.24) is 9.55 Å². The summed E-state index contributed by atoms with van der Waals surface area (Å²) >= 11 is 0. The maximum absolute atomic E-state index is 13.1. The summed E-state index contributed by atoms with van der Waals surface area (Å²) in [7, 11) is -5.85. The Bertz CT molecular complexity index is 1060. The number of hydrogen-bond acceptors (Lipinski definition) is 8. The predicted molar refractivity (Wildman–Crippen MR) is 150 cm³/mol. The number of anilines is 1. The highest BCUT2D eigenvalue weighted by atomic mass is 28.5. The molecule has 0 unspecified atom stereocenters. The zero-order valence-electron chi connectivity index (χ0n) is 24.2. The lowest BCUT2D eigenvalue weighted by Crippen LogP contribution is -2.67. The molecule has 2 aliphatic rings. The standard InChI is InChI=1S/C26H45N3O7Si2/c1-11-13-26(32)23-21(34-24(26)29-14-12-22(27-20(10)30)28-25(29)31)15-33-37(16(2)3,17(4)5)36-38(35-23,18(6)7)19(8)9/h11-12,14,16-19,21,23-24,32H,1,13,15H2,2-10H3,(H,27,28,30,31)/t21-,23-,24-,26-/m1/s1. The van der Waals surface area contributed by atoms with E-state index >= 15 is 0 Å². The van der Waals surface area contributed by atoms with Crippen molar-refractivity contribution in [2.75, 3.05) is 11.9 Å². The fourth-order valence-electron chi connectivity index (χ4n) is 5.84. The topological polar surface area (TPSA) is 121 Å². The van der Waals surface area contributed by atoms with Crippen LogP contribution in [-0.2, 0) is 22.5 Å². The largest absolute Gasteiger partial charge is 0.414 e. The second-order valence-corrected chi connectivity index (χ2v) is 20.6. The molecule has 0 aliphatic carbocycles. The van der Waals surface area contributed by atoms with Gasteiger partial charge in [-0.15, -0.1) is 6.58 Å². The molecular weight excluding hydrogens is 522 g/mol. The van der Waals surface area contributed by atoms with Crippen molar-refractivity contribution in [2.45, 2.75) is 115 Å². The van der Waals surface area contributed by atoms with Gasteiger partial charge < -0.3 is 28.1 Å². The molecule has 1 aromatic heterocycles. The van der Waals surface area contributed by atoms with Crippen LogP contribution >= 0.6 is 0 Å². The molecule has 3 heterocycles. The zero-order valence-corrected chi connectivity index (χ0v) is 26.2. The first-order chi connectivity index (χ1) is 17.6. The van der Waals surface area contributed by atoms with Crippen molar-refractivity contribution in [3.05, 3.63) is 35.4 Å². The summed E-state index contributed by atoms with van der Waals surface area (Å²) in [4.78, 5) is 28.5. The molecule has 2 aliphatic heterocycles. The van der Waals surface area contributed by atoms with E-state index in [1.807, 2.05) is 0 Å². The van der Waals surface area contributed by atoms with Gasteiger partial charge in [0, 0.05) is 19.5 Å². The monoisotopic (exact) mass is 567 g/mol. The molecule has 3 rings (SSSR count). The maximum Gasteiger partial charge on any atom is 0.351 e. The van der Waals surface area contributed by atoms with E-state index in [1.165, 1.54) is 23.8 Å². The van der Waals surface area contributed by atoms with Crippen LogP contribution in [0.15, 0.2) is 29.7 Å². The molecule has 38 heavy (non-hydrogen) atoms. The highest BCUT2D eigenvalue weighted by Gasteiger charge is 2.65. The molecular formula is C26H45N3O7Si2. The molecule has 2 N–H and O–H groups in total. The van der Waals surface area contributed by atoms with Gasteiger partial charge in [0.1, 0.15) is 23.6 Å². The quantitative estimate of drug-likeness (QED) is 0.351. The van der Waals surface area contributed by atoms with Gasteiger partial charge >= 0.3 is 22.8 Å². The van der Waals surface area contributed by atoms with Crippen LogP contribution in [0.2, 0.25) is 22.2 Å². The molecule has 10 nitrogen and oxygen atoms in total. The Labute approximate surface area is 228 Å². The number of aliphatic hydroxyl groups is 1. The Morgan fingerprint density at radius 3 is 2.24 bits per heavy atom. The van der Waals surface area contributed by atoms with E-state index in [4.69, 9.17) is 17.7 Å². The molecule has 2 fully saturated rings. The molecule has 1 amide bonds. The Morgan fingerprint density at radius 2 is 1.76 bits per heavy atom. The summed E-state index contributed by atoms with van der Waals surface area (Å²) in [6, 6.07) is 1.50. The molecule has 12 heteroatoms. The van der Waals surface area contributed by atoms with E-state index < -0.39 is 46.8 Å². The number of fused-ring (bicyclic) bond motifs is 1. The van der Waals surface area contributed by atoms with Crippen molar-refractivity contribution >= 4 is 28.8 Å². The van der Waals surface area contributed by atoms with Crippen molar-refractivity contribution in [1.29, 1.82) is 0 Å². The molecule has 2 saturated heterocycles. The van der Waals surface area contributed by atoms with Gasteiger partial charge in [-0.3, -0.25) is 9.36 Å². The van der Waals surface area contributed by atoms with Crippen LogP contribution in [0.1, 0.15) is 75.0 Å². The number of nitrogens with zero attached hydrogens (tertiary/aromatic N) is 2. The van der Waals surface area contributed by atoms with Crippen LogP contribution < -0.4 is 11.0 Å². The summed E-state index contributed by atoms with van der Waals surface area (Å²) in [6.45, 7) is 22.3. The molecule has 0 radical (unpaired) electrons. The SMILES string of the molecule is C=CC[C@@]1(O)[C@@H]2O[Si](C(C)C)(C(C)C)O[Si](C(C)C)(C(C)C)OC[C@H]2O[C@H]1n1ccc(NC(C)=O)nc1=O. The summed E-state index contributed by atoms with van der Waals surface area (Å²) in [5.41, 5.74) is -1.88. The third-order valence-corrected chi connectivity index (χ3v) is 18.0. The Balaban J connectivity index is 2.17. The molecule has 4 atom stereocenters. The van der Waals surface area contributed by atoms with E-state index in [9.17, 15) is 14.7 Å². The predicted octanol–water partition coefficient (Wildman–Crippen LogP) is 4.36.